The SMILES string of the molecule is CC(C)NC(=O)Nc1ccccc1C(=O)OCC(=O)N1CCN(Cc2ccccc2)CC1. The molecule has 0 unspecified atom stereocenters. The summed E-state index contributed by atoms with van der Waals surface area (Å²) in [5.41, 5.74) is 1.78. The van der Waals surface area contributed by atoms with Crippen molar-refractivity contribution >= 4 is 23.6 Å². The molecule has 2 aromatic rings. The van der Waals surface area contributed by atoms with Crippen LogP contribution in [0, 0.1) is 0 Å². The Morgan fingerprint density at radius 3 is 2.28 bits per heavy atom. The van der Waals surface area contributed by atoms with Crippen LogP contribution in [0.1, 0.15) is 29.8 Å². The molecule has 0 spiro atoms. The van der Waals surface area contributed by atoms with Crippen LogP contribution in [-0.2, 0) is 16.1 Å². The van der Waals surface area contributed by atoms with Gasteiger partial charge in [-0.2, -0.15) is 0 Å². The topological polar surface area (TPSA) is 91.0 Å². The van der Waals surface area contributed by atoms with Gasteiger partial charge in [0.2, 0.25) is 0 Å². The number of esters is 1. The molecule has 0 saturated carbocycles. The zero-order valence-corrected chi connectivity index (χ0v) is 18.5. The molecular formula is C24H30N4O4. The molecule has 0 radical (unpaired) electrons. The number of hydrogen-bond donors (Lipinski definition) is 2. The fourth-order valence-electron chi connectivity index (χ4n) is 3.48. The Morgan fingerprint density at radius 2 is 1.59 bits per heavy atom. The Bertz CT molecular complexity index is 925. The first-order chi connectivity index (χ1) is 15.4. The number of anilines is 1. The molecule has 1 saturated heterocycles. The molecule has 1 aliphatic heterocycles. The first-order valence-electron chi connectivity index (χ1n) is 10.8. The summed E-state index contributed by atoms with van der Waals surface area (Å²) in [7, 11) is 0. The van der Waals surface area contributed by atoms with Crippen LogP contribution in [0.3, 0.4) is 0 Å². The van der Waals surface area contributed by atoms with Gasteiger partial charge in [0.25, 0.3) is 5.91 Å². The minimum atomic E-state index is -0.651. The van der Waals surface area contributed by atoms with E-state index in [9.17, 15) is 14.4 Å². The molecule has 2 aromatic carbocycles. The highest BCUT2D eigenvalue weighted by Crippen LogP contribution is 2.16. The predicted molar refractivity (Wildman–Crippen MR) is 122 cm³/mol. The number of nitrogens with one attached hydrogen (secondary N) is 2. The van der Waals surface area contributed by atoms with E-state index in [-0.39, 0.29) is 24.1 Å². The van der Waals surface area contributed by atoms with Gasteiger partial charge in [-0.3, -0.25) is 9.69 Å². The highest BCUT2D eigenvalue weighted by molar-refractivity contribution is 6.01. The van der Waals surface area contributed by atoms with Crippen molar-refractivity contribution in [2.24, 2.45) is 0 Å². The summed E-state index contributed by atoms with van der Waals surface area (Å²) >= 11 is 0. The summed E-state index contributed by atoms with van der Waals surface area (Å²) in [5.74, 6) is -0.873. The van der Waals surface area contributed by atoms with Crippen molar-refractivity contribution in [3.8, 4) is 0 Å². The van der Waals surface area contributed by atoms with E-state index in [4.69, 9.17) is 4.74 Å². The molecular weight excluding hydrogens is 408 g/mol. The number of amides is 3. The van der Waals surface area contributed by atoms with Gasteiger partial charge in [0, 0.05) is 38.8 Å². The van der Waals surface area contributed by atoms with E-state index in [0.29, 0.717) is 18.8 Å². The van der Waals surface area contributed by atoms with Crippen LogP contribution < -0.4 is 10.6 Å². The van der Waals surface area contributed by atoms with E-state index in [1.807, 2.05) is 32.0 Å². The lowest BCUT2D eigenvalue weighted by molar-refractivity contribution is -0.136. The first kappa shape index (κ1) is 23.3. The van der Waals surface area contributed by atoms with Crippen molar-refractivity contribution in [1.29, 1.82) is 0 Å². The lowest BCUT2D eigenvalue weighted by Gasteiger charge is -2.34. The number of urea groups is 1. The summed E-state index contributed by atoms with van der Waals surface area (Å²) in [6, 6.07) is 16.3. The van der Waals surface area contributed by atoms with Crippen LogP contribution in [0.5, 0.6) is 0 Å². The molecule has 8 heteroatoms. The van der Waals surface area contributed by atoms with Crippen molar-refractivity contribution in [3.63, 3.8) is 0 Å². The van der Waals surface area contributed by atoms with E-state index < -0.39 is 12.0 Å². The molecule has 0 atom stereocenters. The summed E-state index contributed by atoms with van der Waals surface area (Å²) in [6.07, 6.45) is 0. The minimum absolute atomic E-state index is 0.0418. The number of para-hydroxylation sites is 1. The Morgan fingerprint density at radius 1 is 0.938 bits per heavy atom. The second kappa shape index (κ2) is 11.3. The number of ether oxygens (including phenoxy) is 1. The Hall–Kier alpha value is -3.39. The molecule has 2 N–H and O–H groups in total. The van der Waals surface area contributed by atoms with Gasteiger partial charge in [0.05, 0.1) is 11.3 Å². The third kappa shape index (κ3) is 6.81. The normalized spacial score (nSPS) is 14.2. The maximum Gasteiger partial charge on any atom is 0.340 e. The zero-order chi connectivity index (χ0) is 22.9. The maximum absolute atomic E-state index is 12.5. The molecule has 3 amide bonds. The number of rotatable bonds is 7. The monoisotopic (exact) mass is 438 g/mol. The average molecular weight is 439 g/mol. The molecule has 32 heavy (non-hydrogen) atoms. The maximum atomic E-state index is 12.5. The lowest BCUT2D eigenvalue weighted by atomic mass is 10.2. The molecule has 0 aromatic heterocycles. The van der Waals surface area contributed by atoms with Gasteiger partial charge in [-0.15, -0.1) is 0 Å². The van der Waals surface area contributed by atoms with E-state index >= 15 is 0 Å². The standard InChI is InChI=1S/C24H30N4O4/c1-18(2)25-24(31)26-21-11-7-6-10-20(21)23(30)32-17-22(29)28-14-12-27(13-15-28)16-19-8-4-3-5-9-19/h3-11,18H,12-17H2,1-2H3,(H2,25,26,31). The number of benzene rings is 2. The third-order valence-corrected chi connectivity index (χ3v) is 5.12. The van der Waals surface area contributed by atoms with Crippen LogP contribution in [0.15, 0.2) is 54.6 Å². The summed E-state index contributed by atoms with van der Waals surface area (Å²) < 4.78 is 5.25. The molecule has 170 valence electrons. The van der Waals surface area contributed by atoms with Gasteiger partial charge < -0.3 is 20.3 Å². The fourth-order valence-corrected chi connectivity index (χ4v) is 3.48. The van der Waals surface area contributed by atoms with Crippen LogP contribution in [0.4, 0.5) is 10.5 Å². The highest BCUT2D eigenvalue weighted by Gasteiger charge is 2.23. The fraction of sp³-hybridized carbons (Fsp3) is 0.375. The molecule has 3 rings (SSSR count). The predicted octanol–water partition coefficient (Wildman–Crippen LogP) is 2.72. The first-order valence-corrected chi connectivity index (χ1v) is 10.8. The quantitative estimate of drug-likeness (QED) is 0.649. The van der Waals surface area contributed by atoms with Crippen molar-refractivity contribution in [2.75, 3.05) is 38.1 Å². The largest absolute Gasteiger partial charge is 0.452 e. The number of hydrogen-bond acceptors (Lipinski definition) is 5. The third-order valence-electron chi connectivity index (χ3n) is 5.12. The molecule has 8 nitrogen and oxygen atoms in total. The van der Waals surface area contributed by atoms with Gasteiger partial charge in [-0.25, -0.2) is 9.59 Å². The van der Waals surface area contributed by atoms with E-state index in [1.165, 1.54) is 5.56 Å². The highest BCUT2D eigenvalue weighted by atomic mass is 16.5. The second-order valence-electron chi connectivity index (χ2n) is 8.02. The van der Waals surface area contributed by atoms with Crippen LogP contribution >= 0.6 is 0 Å². The zero-order valence-electron chi connectivity index (χ0n) is 18.5. The molecule has 0 bridgehead atoms. The van der Waals surface area contributed by atoms with E-state index in [2.05, 4.69) is 27.7 Å². The van der Waals surface area contributed by atoms with E-state index in [0.717, 1.165) is 19.6 Å². The number of piperazine rings is 1. The van der Waals surface area contributed by atoms with Gasteiger partial charge >= 0.3 is 12.0 Å². The van der Waals surface area contributed by atoms with Crippen LogP contribution in [-0.4, -0.2) is 66.5 Å². The molecule has 1 fully saturated rings. The number of nitrogens with zero attached hydrogens (tertiary/aromatic N) is 2. The van der Waals surface area contributed by atoms with E-state index in [1.54, 1.807) is 29.2 Å². The Balaban J connectivity index is 1.47. The van der Waals surface area contributed by atoms with Crippen molar-refractivity contribution in [2.45, 2.75) is 26.4 Å². The van der Waals surface area contributed by atoms with Crippen LogP contribution in [0.2, 0.25) is 0 Å². The lowest BCUT2D eigenvalue weighted by Crippen LogP contribution is -2.49. The van der Waals surface area contributed by atoms with Gasteiger partial charge in [0.1, 0.15) is 0 Å². The van der Waals surface area contributed by atoms with Crippen molar-refractivity contribution < 1.29 is 19.1 Å². The number of carbonyl (C=O) groups excluding carboxylic acids is 3. The number of carbonyl (C=O) groups is 3. The van der Waals surface area contributed by atoms with Crippen molar-refractivity contribution in [1.82, 2.24) is 15.1 Å². The molecule has 0 aliphatic carbocycles. The molecule has 1 heterocycles. The summed E-state index contributed by atoms with van der Waals surface area (Å²) in [5, 5.41) is 5.35. The van der Waals surface area contributed by atoms with Gasteiger partial charge in [-0.1, -0.05) is 42.5 Å². The molecule has 1 aliphatic rings. The van der Waals surface area contributed by atoms with Crippen LogP contribution in [0.25, 0.3) is 0 Å². The second-order valence-corrected chi connectivity index (χ2v) is 8.02. The summed E-state index contributed by atoms with van der Waals surface area (Å²) in [4.78, 5) is 41.1. The smallest absolute Gasteiger partial charge is 0.340 e. The Kier molecular flexibility index (Phi) is 8.21. The van der Waals surface area contributed by atoms with Gasteiger partial charge in [0.15, 0.2) is 6.61 Å². The summed E-state index contributed by atoms with van der Waals surface area (Å²) in [6.45, 7) is 6.93. The Labute approximate surface area is 188 Å². The van der Waals surface area contributed by atoms with Crippen molar-refractivity contribution in [3.05, 3.63) is 65.7 Å². The van der Waals surface area contributed by atoms with Gasteiger partial charge in [-0.05, 0) is 31.5 Å². The average Bonchev–Trinajstić information content (AvgIpc) is 2.78. The minimum Gasteiger partial charge on any atom is -0.452 e.